The molecule has 1 aliphatic heterocycles. The quantitative estimate of drug-likeness (QED) is 0.696. The summed E-state index contributed by atoms with van der Waals surface area (Å²) in [5, 5.41) is 12.0. The average molecular weight is 400 g/mol. The molecule has 0 amide bonds. The number of halogens is 2. The maximum atomic E-state index is 14.6. The van der Waals surface area contributed by atoms with Gasteiger partial charge in [-0.05, 0) is 39.8 Å². The molecule has 0 saturated carbocycles. The molecule has 2 N–H and O–H groups in total. The van der Waals surface area contributed by atoms with Gasteiger partial charge in [-0.2, -0.15) is 0 Å². The highest BCUT2D eigenvalue weighted by Crippen LogP contribution is 2.43. The molecule has 1 atom stereocenters. The molecular weight excluding hydrogens is 381 g/mol. The Kier molecular flexibility index (Phi) is 6.32. The van der Waals surface area contributed by atoms with Gasteiger partial charge < -0.3 is 24.6 Å². The Labute approximate surface area is 160 Å². The Morgan fingerprint density at radius 1 is 1.19 bits per heavy atom. The zero-order chi connectivity index (χ0) is 20.3. The Hall–Kier alpha value is -2.74. The van der Waals surface area contributed by atoms with Crippen LogP contribution in [0.25, 0.3) is 0 Å². The molecule has 1 aliphatic rings. The lowest BCUT2D eigenvalue weighted by Crippen LogP contribution is -2.30. The summed E-state index contributed by atoms with van der Waals surface area (Å²) in [6.07, 6.45) is -3.07. The van der Waals surface area contributed by atoms with Crippen LogP contribution in [0.15, 0.2) is 41.1 Å². The normalized spacial score (nSPS) is 16.9. The topological polar surface area (TPSA) is 94.1 Å². The molecule has 7 nitrogen and oxygen atoms in total. The number of ether oxygens (including phenoxy) is 3. The first-order valence-corrected chi connectivity index (χ1v) is 8.41. The molecule has 27 heavy (non-hydrogen) atoms. The first kappa shape index (κ1) is 20.6. The van der Waals surface area contributed by atoms with Gasteiger partial charge in [-0.1, -0.05) is 17.7 Å². The van der Waals surface area contributed by atoms with E-state index in [4.69, 9.17) is 30.9 Å². The Balaban J connectivity index is 2.60. The number of dihydropyridines is 1. The predicted octanol–water partition coefficient (Wildman–Crippen LogP) is 4.89. The summed E-state index contributed by atoms with van der Waals surface area (Å²) in [5.74, 6) is -2.14. The van der Waals surface area contributed by atoms with Gasteiger partial charge in [0.15, 0.2) is 0 Å². The van der Waals surface area contributed by atoms with Gasteiger partial charge >= 0.3 is 12.3 Å². The monoisotopic (exact) mass is 399 g/mol. The van der Waals surface area contributed by atoms with E-state index in [1.807, 2.05) is 0 Å². The molecule has 0 fully saturated rings. The lowest BCUT2D eigenvalue weighted by Gasteiger charge is -2.30. The van der Waals surface area contributed by atoms with Crippen molar-refractivity contribution in [2.24, 2.45) is 0 Å². The Bertz CT molecular complexity index is 813. The van der Waals surface area contributed by atoms with Gasteiger partial charge in [0.25, 0.3) is 0 Å². The Morgan fingerprint density at radius 2 is 1.78 bits per heavy atom. The number of carbonyl (C=O) groups is 2. The van der Waals surface area contributed by atoms with Crippen molar-refractivity contribution in [1.82, 2.24) is 5.32 Å². The minimum absolute atomic E-state index is 0.0207. The van der Waals surface area contributed by atoms with E-state index in [1.165, 1.54) is 12.1 Å². The second-order valence-electron chi connectivity index (χ2n) is 6.06. The van der Waals surface area contributed by atoms with Crippen molar-refractivity contribution in [3.05, 3.63) is 57.5 Å². The van der Waals surface area contributed by atoms with E-state index in [0.29, 0.717) is 11.4 Å². The van der Waals surface area contributed by atoms with E-state index in [0.717, 1.165) is 6.07 Å². The summed E-state index contributed by atoms with van der Waals surface area (Å²) in [6, 6.07) is 4.01. The fraction of sp³-hybridized carbons (Fsp3) is 0.333. The molecule has 1 aromatic rings. The van der Waals surface area contributed by atoms with Crippen molar-refractivity contribution in [2.75, 3.05) is 0 Å². The van der Waals surface area contributed by atoms with Crippen LogP contribution in [-0.2, 0) is 14.2 Å². The van der Waals surface area contributed by atoms with Crippen LogP contribution >= 0.6 is 11.6 Å². The van der Waals surface area contributed by atoms with Crippen molar-refractivity contribution >= 4 is 23.9 Å². The van der Waals surface area contributed by atoms with Gasteiger partial charge in [0.1, 0.15) is 23.3 Å². The second kappa shape index (κ2) is 8.30. The van der Waals surface area contributed by atoms with E-state index in [-0.39, 0.29) is 22.1 Å². The second-order valence-corrected chi connectivity index (χ2v) is 6.47. The minimum Gasteiger partial charge on any atom is -0.449 e. The number of benzene rings is 1. The molecule has 0 spiro atoms. The molecule has 1 unspecified atom stereocenters. The van der Waals surface area contributed by atoms with Gasteiger partial charge in [-0.3, -0.25) is 0 Å². The van der Waals surface area contributed by atoms with Crippen LogP contribution in [-0.4, -0.2) is 23.5 Å². The molecule has 1 heterocycles. The molecular formula is C18H19ClFNO6. The van der Waals surface area contributed by atoms with E-state index in [9.17, 15) is 14.0 Å². The van der Waals surface area contributed by atoms with Crippen molar-refractivity contribution in [3.8, 4) is 0 Å². The summed E-state index contributed by atoms with van der Waals surface area (Å²) in [6.45, 7) is 6.40. The van der Waals surface area contributed by atoms with Crippen LogP contribution in [0.2, 0.25) is 5.02 Å². The highest BCUT2D eigenvalue weighted by atomic mass is 35.5. The standard InChI is InChI=1S/C18H19ClFNO6/c1-8(2)25-18(24)27-16-10(4)21-9(3)15(26-17(22)23)14(16)13-11(19)6-5-7-12(13)20/h5-8,14,21H,1-4H3,(H,22,23). The molecule has 0 aromatic heterocycles. The van der Waals surface area contributed by atoms with Crippen LogP contribution in [0.4, 0.5) is 14.0 Å². The van der Waals surface area contributed by atoms with E-state index < -0.39 is 30.1 Å². The zero-order valence-corrected chi connectivity index (χ0v) is 15.9. The maximum absolute atomic E-state index is 14.6. The summed E-state index contributed by atoms with van der Waals surface area (Å²) in [7, 11) is 0. The number of hydrogen-bond acceptors (Lipinski definition) is 6. The van der Waals surface area contributed by atoms with Gasteiger partial charge in [-0.15, -0.1) is 0 Å². The number of nitrogens with one attached hydrogen (secondary N) is 1. The fourth-order valence-corrected chi connectivity index (χ4v) is 2.95. The Morgan fingerprint density at radius 3 is 2.30 bits per heavy atom. The van der Waals surface area contributed by atoms with Gasteiger partial charge in [-0.25, -0.2) is 14.0 Å². The van der Waals surface area contributed by atoms with Crippen LogP contribution in [0.3, 0.4) is 0 Å². The SMILES string of the molecule is CC1=C(OC(=O)O)C(c2c(F)cccc2Cl)C(OC(=O)OC(C)C)=C(C)N1. The summed E-state index contributed by atoms with van der Waals surface area (Å²) in [5.41, 5.74) is 0.585. The summed E-state index contributed by atoms with van der Waals surface area (Å²) < 4.78 is 29.7. The molecule has 0 saturated heterocycles. The molecule has 2 rings (SSSR count). The van der Waals surface area contributed by atoms with E-state index >= 15 is 0 Å². The van der Waals surface area contributed by atoms with Crippen molar-refractivity contribution in [2.45, 2.75) is 39.7 Å². The number of hydrogen-bond donors (Lipinski definition) is 2. The molecule has 0 bridgehead atoms. The average Bonchev–Trinajstić information content (AvgIpc) is 2.52. The molecule has 0 radical (unpaired) electrons. The largest absolute Gasteiger partial charge is 0.513 e. The van der Waals surface area contributed by atoms with Crippen molar-refractivity contribution in [3.63, 3.8) is 0 Å². The van der Waals surface area contributed by atoms with Crippen LogP contribution in [0.5, 0.6) is 0 Å². The number of carboxylic acid groups (broad SMARTS) is 1. The zero-order valence-electron chi connectivity index (χ0n) is 15.1. The molecule has 1 aromatic carbocycles. The summed E-state index contributed by atoms with van der Waals surface area (Å²) >= 11 is 6.17. The summed E-state index contributed by atoms with van der Waals surface area (Å²) in [4.78, 5) is 23.2. The first-order valence-electron chi connectivity index (χ1n) is 8.03. The van der Waals surface area contributed by atoms with Gasteiger partial charge in [0.05, 0.1) is 17.5 Å². The molecule has 9 heteroatoms. The highest BCUT2D eigenvalue weighted by molar-refractivity contribution is 6.31. The highest BCUT2D eigenvalue weighted by Gasteiger charge is 2.38. The lowest BCUT2D eigenvalue weighted by molar-refractivity contribution is 0.0474. The number of allylic oxidation sites excluding steroid dienone is 2. The number of carbonyl (C=O) groups excluding carboxylic acids is 1. The van der Waals surface area contributed by atoms with Crippen molar-refractivity contribution < 1.29 is 33.3 Å². The van der Waals surface area contributed by atoms with Crippen LogP contribution in [0, 0.1) is 5.82 Å². The third kappa shape index (κ3) is 4.71. The van der Waals surface area contributed by atoms with Gasteiger partial charge in [0, 0.05) is 10.6 Å². The van der Waals surface area contributed by atoms with Crippen molar-refractivity contribution in [1.29, 1.82) is 0 Å². The third-order valence-corrected chi connectivity index (χ3v) is 3.98. The van der Waals surface area contributed by atoms with E-state index in [1.54, 1.807) is 27.7 Å². The van der Waals surface area contributed by atoms with Gasteiger partial charge in [0.2, 0.25) is 0 Å². The van der Waals surface area contributed by atoms with E-state index in [2.05, 4.69) is 5.32 Å². The lowest BCUT2D eigenvalue weighted by atomic mass is 9.90. The fourth-order valence-electron chi connectivity index (χ4n) is 2.68. The smallest absolute Gasteiger partial charge is 0.449 e. The molecule has 146 valence electrons. The molecule has 0 aliphatic carbocycles. The predicted molar refractivity (Wildman–Crippen MR) is 94.5 cm³/mol. The van der Waals surface area contributed by atoms with Crippen LogP contribution in [0.1, 0.15) is 39.2 Å². The minimum atomic E-state index is -1.60. The van der Waals surface area contributed by atoms with Crippen LogP contribution < -0.4 is 5.32 Å². The maximum Gasteiger partial charge on any atom is 0.513 e. The first-order chi connectivity index (χ1) is 12.6. The number of rotatable bonds is 4. The third-order valence-electron chi connectivity index (χ3n) is 3.65.